The Kier molecular flexibility index (Phi) is 7.45. The molecule has 5 nitrogen and oxygen atoms in total. The van der Waals surface area contributed by atoms with E-state index >= 15 is 0 Å². The Morgan fingerprint density at radius 1 is 1.57 bits per heavy atom. The Hall–Kier alpha value is -1.36. The molecule has 0 radical (unpaired) electrons. The van der Waals surface area contributed by atoms with Gasteiger partial charge in [0.2, 0.25) is 6.41 Å². The van der Waals surface area contributed by atoms with E-state index in [1.54, 1.807) is 19.1 Å². The number of nitrogens with zero attached hydrogens (tertiary/aromatic N) is 2. The minimum atomic E-state index is 0.114. The van der Waals surface area contributed by atoms with Gasteiger partial charge in [-0.15, -0.1) is 0 Å². The number of hydrogen-bond donors (Lipinski definition) is 1. The van der Waals surface area contributed by atoms with Gasteiger partial charge in [-0.05, 0) is 13.3 Å². The number of oxime groups is 1. The van der Waals surface area contributed by atoms with Crippen LogP contribution in [-0.4, -0.2) is 42.5 Å². The van der Waals surface area contributed by atoms with Crippen LogP contribution in [0.3, 0.4) is 0 Å². The average molecular weight is 200 g/mol. The first-order valence-electron chi connectivity index (χ1n) is 4.31. The number of amidine groups is 1. The van der Waals surface area contributed by atoms with E-state index in [1.807, 2.05) is 0 Å². The molecule has 0 rings (SSSR count). The van der Waals surface area contributed by atoms with Crippen LogP contribution in [0.4, 0.5) is 0 Å². The minimum Gasteiger partial charge on any atom is -0.398 e. The van der Waals surface area contributed by atoms with E-state index in [2.05, 4.69) is 9.99 Å². The molecule has 0 saturated heterocycles. The van der Waals surface area contributed by atoms with E-state index in [9.17, 15) is 4.79 Å². The topological polar surface area (TPSA) is 62.1 Å². The van der Waals surface area contributed by atoms with Crippen LogP contribution >= 0.6 is 0 Å². The molecule has 0 aromatic heterocycles. The van der Waals surface area contributed by atoms with Crippen LogP contribution in [0.25, 0.3) is 0 Å². The summed E-state index contributed by atoms with van der Waals surface area (Å²) in [6, 6.07) is 0. The Morgan fingerprint density at radius 2 is 2.29 bits per heavy atom. The van der Waals surface area contributed by atoms with Gasteiger partial charge in [0, 0.05) is 13.2 Å². The van der Waals surface area contributed by atoms with Crippen molar-refractivity contribution in [2.45, 2.75) is 13.3 Å². The summed E-state index contributed by atoms with van der Waals surface area (Å²) >= 11 is 0. The Bertz CT molecular complexity index is 214. The van der Waals surface area contributed by atoms with E-state index in [4.69, 9.17) is 5.11 Å². The van der Waals surface area contributed by atoms with Crippen LogP contribution in [0.1, 0.15) is 13.3 Å². The number of aliphatic hydroxyl groups excluding tert-OH is 1. The number of amides is 1. The highest BCUT2D eigenvalue weighted by Gasteiger charge is 2.02. The van der Waals surface area contributed by atoms with Crippen molar-refractivity contribution in [3.05, 3.63) is 12.2 Å². The summed E-state index contributed by atoms with van der Waals surface area (Å²) in [6.07, 6.45) is 4.87. The molecule has 0 unspecified atom stereocenters. The zero-order chi connectivity index (χ0) is 10.8. The van der Waals surface area contributed by atoms with Gasteiger partial charge in [0.05, 0.1) is 0 Å². The van der Waals surface area contributed by atoms with Crippen LogP contribution in [0.2, 0.25) is 0 Å². The van der Waals surface area contributed by atoms with E-state index in [-0.39, 0.29) is 6.61 Å². The predicted octanol–water partition coefficient (Wildman–Crippen LogP) is 0.363. The molecule has 0 heterocycles. The number of rotatable bonds is 6. The second-order valence-electron chi connectivity index (χ2n) is 2.56. The summed E-state index contributed by atoms with van der Waals surface area (Å²) in [5.74, 6) is 0.496. The van der Waals surface area contributed by atoms with Crippen LogP contribution in [0, 0.1) is 0 Å². The summed E-state index contributed by atoms with van der Waals surface area (Å²) in [5, 5.41) is 12.1. The Balaban J connectivity index is 4.02. The molecule has 0 aromatic rings. The normalized spacial score (nSPS) is 11.8. The lowest BCUT2D eigenvalue weighted by molar-refractivity contribution is -0.114. The van der Waals surface area contributed by atoms with Crippen LogP contribution < -0.4 is 0 Å². The van der Waals surface area contributed by atoms with Crippen molar-refractivity contribution in [3.63, 3.8) is 0 Å². The minimum absolute atomic E-state index is 0.114. The molecule has 0 spiro atoms. The van der Waals surface area contributed by atoms with Gasteiger partial charge in [0.15, 0.2) is 0 Å². The third kappa shape index (κ3) is 5.31. The average Bonchev–Trinajstić information content (AvgIpc) is 2.18. The zero-order valence-corrected chi connectivity index (χ0v) is 8.51. The first kappa shape index (κ1) is 12.6. The molecule has 5 heteroatoms. The molecule has 0 aromatic carbocycles. The van der Waals surface area contributed by atoms with Gasteiger partial charge in [0.25, 0.3) is 0 Å². The van der Waals surface area contributed by atoms with Gasteiger partial charge >= 0.3 is 0 Å². The van der Waals surface area contributed by atoms with Gasteiger partial charge in [-0.1, -0.05) is 17.3 Å². The number of carbonyl (C=O) groups is 1. The van der Waals surface area contributed by atoms with Crippen molar-refractivity contribution >= 4 is 12.2 Å². The van der Waals surface area contributed by atoms with Crippen LogP contribution in [-0.2, 0) is 9.63 Å². The highest BCUT2D eigenvalue weighted by Crippen LogP contribution is 1.90. The molecular formula is C9H16N2O3. The lowest BCUT2D eigenvalue weighted by atomic mass is 10.4. The smallest absolute Gasteiger partial charge is 0.215 e. The molecule has 80 valence electrons. The molecule has 0 bridgehead atoms. The maximum absolute atomic E-state index is 10.6. The van der Waals surface area contributed by atoms with E-state index in [1.165, 1.54) is 12.0 Å². The van der Waals surface area contributed by atoms with Crippen molar-refractivity contribution in [1.82, 2.24) is 4.90 Å². The lowest BCUT2D eigenvalue weighted by Crippen LogP contribution is -2.27. The van der Waals surface area contributed by atoms with E-state index in [0.29, 0.717) is 25.2 Å². The lowest BCUT2D eigenvalue weighted by Gasteiger charge is -2.12. The highest BCUT2D eigenvalue weighted by molar-refractivity contribution is 5.88. The molecular weight excluding hydrogens is 184 g/mol. The third-order valence-electron chi connectivity index (χ3n) is 1.53. The number of carbonyl (C=O) groups excluding carboxylic acids is 1. The maximum atomic E-state index is 10.6. The summed E-state index contributed by atoms with van der Waals surface area (Å²) in [6.45, 7) is 2.22. The van der Waals surface area contributed by atoms with Gasteiger partial charge in [-0.3, -0.25) is 9.69 Å². The first-order valence-corrected chi connectivity index (χ1v) is 4.31. The molecule has 1 N–H and O–H groups in total. The van der Waals surface area contributed by atoms with Crippen molar-refractivity contribution in [3.8, 4) is 0 Å². The first-order chi connectivity index (χ1) is 6.76. The second kappa shape index (κ2) is 8.25. The molecule has 0 fully saturated rings. The van der Waals surface area contributed by atoms with Gasteiger partial charge in [-0.2, -0.15) is 0 Å². The highest BCUT2D eigenvalue weighted by atomic mass is 16.6. The van der Waals surface area contributed by atoms with E-state index in [0.717, 1.165) is 0 Å². The monoisotopic (exact) mass is 200 g/mol. The molecule has 0 saturated carbocycles. The van der Waals surface area contributed by atoms with Crippen LogP contribution in [0.5, 0.6) is 0 Å². The zero-order valence-electron chi connectivity index (χ0n) is 8.51. The summed E-state index contributed by atoms with van der Waals surface area (Å²) in [5.41, 5.74) is 0. The van der Waals surface area contributed by atoms with Gasteiger partial charge in [0.1, 0.15) is 12.9 Å². The number of hydrogen-bond acceptors (Lipinski definition) is 4. The van der Waals surface area contributed by atoms with Crippen molar-refractivity contribution in [2.75, 3.05) is 20.3 Å². The van der Waals surface area contributed by atoms with Crippen molar-refractivity contribution in [1.29, 1.82) is 0 Å². The third-order valence-corrected chi connectivity index (χ3v) is 1.53. The molecule has 1 amide bonds. The maximum Gasteiger partial charge on any atom is 0.215 e. The standard InChI is InChI=1S/C9H16N2O3/c1-9(10-14-2)11(8-13)6-4-3-5-7-12/h3-4,8,12H,5-7H2,1-2H3/b4-3-,10-9-. The Labute approximate surface area is 83.6 Å². The fourth-order valence-corrected chi connectivity index (χ4v) is 0.816. The van der Waals surface area contributed by atoms with Gasteiger partial charge < -0.3 is 9.94 Å². The molecule has 0 aliphatic carbocycles. The SMILES string of the molecule is CO/N=C(/C)N(C=O)C/C=C\CCO. The molecule has 0 aliphatic rings. The van der Waals surface area contributed by atoms with Crippen molar-refractivity contribution < 1.29 is 14.7 Å². The summed E-state index contributed by atoms with van der Waals surface area (Å²) in [4.78, 5) is 16.5. The fraction of sp³-hybridized carbons (Fsp3) is 0.556. The Morgan fingerprint density at radius 3 is 2.79 bits per heavy atom. The molecule has 14 heavy (non-hydrogen) atoms. The second-order valence-corrected chi connectivity index (χ2v) is 2.56. The molecule has 0 aliphatic heterocycles. The predicted molar refractivity (Wildman–Crippen MR) is 53.7 cm³/mol. The van der Waals surface area contributed by atoms with Crippen LogP contribution in [0.15, 0.2) is 17.3 Å². The summed E-state index contributed by atoms with van der Waals surface area (Å²) < 4.78 is 0. The van der Waals surface area contributed by atoms with E-state index < -0.39 is 0 Å². The van der Waals surface area contributed by atoms with Gasteiger partial charge in [-0.25, -0.2) is 0 Å². The number of aliphatic hydroxyl groups is 1. The fourth-order valence-electron chi connectivity index (χ4n) is 0.816. The molecule has 0 atom stereocenters. The largest absolute Gasteiger partial charge is 0.398 e. The van der Waals surface area contributed by atoms with Crippen molar-refractivity contribution in [2.24, 2.45) is 5.16 Å². The summed E-state index contributed by atoms with van der Waals surface area (Å²) in [7, 11) is 1.42. The quantitative estimate of drug-likeness (QED) is 0.221.